The number of nitrogens with one attached hydrogen (secondary N) is 2. The molecule has 0 saturated carbocycles. The summed E-state index contributed by atoms with van der Waals surface area (Å²) in [6, 6.07) is 25.7. The van der Waals surface area contributed by atoms with E-state index in [9.17, 15) is 24.0 Å². The zero-order valence-electron chi connectivity index (χ0n) is 33.3. The number of nitrogens with two attached hydrogens (primary N) is 1. The Morgan fingerprint density at radius 3 is 2.44 bits per heavy atom. The van der Waals surface area contributed by atoms with Crippen molar-refractivity contribution in [2.45, 2.75) is 68.5 Å². The summed E-state index contributed by atoms with van der Waals surface area (Å²) in [6.07, 6.45) is 9.06. The molecule has 0 aliphatic carbocycles. The number of thioether (sulfide) groups is 1. The number of anilines is 2. The summed E-state index contributed by atoms with van der Waals surface area (Å²) in [5, 5.41) is 5.17. The summed E-state index contributed by atoms with van der Waals surface area (Å²) in [7, 11) is 0. The van der Waals surface area contributed by atoms with Crippen molar-refractivity contribution in [1.29, 1.82) is 0 Å². The Balaban J connectivity index is 0.814. The molecule has 1 unspecified atom stereocenters. The molecule has 2 saturated heterocycles. The Morgan fingerprint density at radius 1 is 0.869 bits per heavy atom. The number of imidazole rings is 1. The lowest BCUT2D eigenvalue weighted by molar-refractivity contribution is -0.137. The summed E-state index contributed by atoms with van der Waals surface area (Å²) in [6.45, 7) is 0.991. The van der Waals surface area contributed by atoms with Gasteiger partial charge in [-0.2, -0.15) is 0 Å². The van der Waals surface area contributed by atoms with Crippen LogP contribution in [0.15, 0.2) is 108 Å². The molecule has 9 rings (SSSR count). The lowest BCUT2D eigenvalue weighted by Gasteiger charge is -2.29. The third kappa shape index (κ3) is 8.08. The van der Waals surface area contributed by atoms with E-state index in [1.165, 1.54) is 5.56 Å². The van der Waals surface area contributed by atoms with Crippen LogP contribution in [0, 0.1) is 0 Å². The molecule has 14 nitrogen and oxygen atoms in total. The number of carbonyl (C=O) groups is 5. The Labute approximate surface area is 356 Å². The van der Waals surface area contributed by atoms with Gasteiger partial charge < -0.3 is 20.9 Å². The second-order valence-corrected chi connectivity index (χ2v) is 16.6. The fourth-order valence-electron chi connectivity index (χ4n) is 8.50. The average molecular weight is 834 g/mol. The number of piperidine rings is 1. The van der Waals surface area contributed by atoms with Crippen molar-refractivity contribution in [2.75, 3.05) is 23.3 Å². The molecule has 3 aromatic heterocycles. The minimum Gasteiger partial charge on any atom is -0.382 e. The first-order valence-electron chi connectivity index (χ1n) is 20.4. The number of hydrogen-bond donors (Lipinski definition) is 3. The molecule has 0 spiro atoms. The van der Waals surface area contributed by atoms with Crippen molar-refractivity contribution in [2.24, 2.45) is 0 Å². The van der Waals surface area contributed by atoms with Crippen LogP contribution in [-0.4, -0.2) is 77.0 Å². The number of rotatable bonds is 12. The molecule has 0 radical (unpaired) electrons. The van der Waals surface area contributed by atoms with Gasteiger partial charge in [-0.15, -0.1) is 11.8 Å². The van der Waals surface area contributed by atoms with Crippen molar-refractivity contribution >= 4 is 58.5 Å². The van der Waals surface area contributed by atoms with Crippen LogP contribution in [0.25, 0.3) is 16.8 Å². The van der Waals surface area contributed by atoms with E-state index in [0.29, 0.717) is 66.3 Å². The third-order valence-corrected chi connectivity index (χ3v) is 12.7. The number of likely N-dealkylation sites (tertiary alicyclic amines) is 1. The van der Waals surface area contributed by atoms with Gasteiger partial charge in [0.15, 0.2) is 0 Å². The molecule has 3 aromatic carbocycles. The number of fused-ring (bicyclic) bond motifs is 2. The molecule has 4 N–H and O–H groups in total. The summed E-state index contributed by atoms with van der Waals surface area (Å²) >= 11 is 1.69. The second kappa shape index (κ2) is 17.0. The number of nitrogen functional groups attached to an aromatic ring is 1. The van der Waals surface area contributed by atoms with Gasteiger partial charge >= 0.3 is 0 Å². The van der Waals surface area contributed by atoms with Crippen LogP contribution < -0.4 is 16.4 Å². The predicted molar refractivity (Wildman–Crippen MR) is 230 cm³/mol. The molecule has 3 aliphatic rings. The predicted octanol–water partition coefficient (Wildman–Crippen LogP) is 6.02. The van der Waals surface area contributed by atoms with Crippen LogP contribution in [0.5, 0.6) is 0 Å². The smallest absolute Gasteiger partial charge is 0.256 e. The number of benzene rings is 3. The normalized spacial score (nSPS) is 17.5. The van der Waals surface area contributed by atoms with E-state index in [4.69, 9.17) is 10.7 Å². The first-order valence-corrected chi connectivity index (χ1v) is 21.4. The van der Waals surface area contributed by atoms with Crippen molar-refractivity contribution in [3.05, 3.63) is 137 Å². The molecular formula is C46H43N9O5S. The van der Waals surface area contributed by atoms with Crippen LogP contribution in [0.3, 0.4) is 0 Å². The Morgan fingerprint density at radius 2 is 1.67 bits per heavy atom. The highest BCUT2D eigenvalue weighted by Gasteiger charge is 2.40. The number of hydrogen-bond acceptors (Lipinski definition) is 10. The standard InChI is InChI=1S/C46H43N9O5S/c47-42-41-40(30-14-16-31(17-15-30)44(58)50-37-8-1-2-22-48-37)52-43(54(41)25-23-49-42)34-6-4-24-53(34)39(57)20-13-28-9-11-29(12-10-28)21-26-61-36-7-3-5-32-33(36)27-55(46(32)60)35-18-19-38(56)51-45(35)59/h1-3,5,7-12,14-17,22-23,25,34-35H,4,6,13,18-21,24,26-27H2,(H2,47,49)(H,48,50,58)(H,51,56,59)/t34-,35?/m0/s1. The van der Waals surface area contributed by atoms with Gasteiger partial charge in [0.25, 0.3) is 11.8 Å². The fraction of sp³-hybridized carbons (Fsp3) is 0.261. The first-order chi connectivity index (χ1) is 29.7. The fourth-order valence-corrected chi connectivity index (χ4v) is 9.58. The highest BCUT2D eigenvalue weighted by Crippen LogP contribution is 2.38. The molecule has 3 aliphatic heterocycles. The third-order valence-electron chi connectivity index (χ3n) is 11.6. The monoisotopic (exact) mass is 833 g/mol. The number of aromatic nitrogens is 4. The van der Waals surface area contributed by atoms with Crippen LogP contribution >= 0.6 is 11.8 Å². The zero-order chi connectivity index (χ0) is 42.0. The minimum atomic E-state index is -0.637. The van der Waals surface area contributed by atoms with Gasteiger partial charge in [-0.1, -0.05) is 48.5 Å². The summed E-state index contributed by atoms with van der Waals surface area (Å²) in [5.74, 6) is 1.23. The first kappa shape index (κ1) is 39.6. The van der Waals surface area contributed by atoms with Crippen molar-refractivity contribution < 1.29 is 24.0 Å². The SMILES string of the molecule is Nc1nccn2c([C@@H]3CCCN3C(=O)CCc3ccc(CCSc4cccc5c4CN(C4CCC(=O)NC4=O)C5=O)cc3)nc(-c3ccc(C(=O)Nc4ccccn4)cc3)c12. The average Bonchev–Trinajstić information content (AvgIpc) is 4.01. The van der Waals surface area contributed by atoms with Gasteiger partial charge in [0, 0.05) is 71.9 Å². The topological polar surface area (TPSA) is 185 Å². The van der Waals surface area contributed by atoms with Crippen LogP contribution in [0.1, 0.15) is 81.4 Å². The molecule has 2 fully saturated rings. The maximum atomic E-state index is 13.8. The number of imide groups is 1. The summed E-state index contributed by atoms with van der Waals surface area (Å²) in [4.78, 5) is 82.3. The van der Waals surface area contributed by atoms with Gasteiger partial charge in [-0.05, 0) is 85.2 Å². The summed E-state index contributed by atoms with van der Waals surface area (Å²) in [5.41, 5.74) is 12.8. The Hall–Kier alpha value is -6.87. The molecule has 61 heavy (non-hydrogen) atoms. The van der Waals surface area contributed by atoms with E-state index in [0.717, 1.165) is 52.4 Å². The van der Waals surface area contributed by atoms with E-state index in [1.807, 2.05) is 45.8 Å². The largest absolute Gasteiger partial charge is 0.382 e. The number of carbonyl (C=O) groups excluding carboxylic acids is 5. The molecule has 15 heteroatoms. The highest BCUT2D eigenvalue weighted by atomic mass is 32.2. The molecule has 0 bridgehead atoms. The highest BCUT2D eigenvalue weighted by molar-refractivity contribution is 7.99. The van der Waals surface area contributed by atoms with Crippen molar-refractivity contribution in [1.82, 2.24) is 34.5 Å². The van der Waals surface area contributed by atoms with E-state index in [2.05, 4.69) is 44.9 Å². The van der Waals surface area contributed by atoms with E-state index < -0.39 is 11.9 Å². The quantitative estimate of drug-likeness (QED) is 0.0974. The number of nitrogens with zero attached hydrogens (tertiary/aromatic N) is 6. The molecule has 308 valence electrons. The van der Waals surface area contributed by atoms with Crippen molar-refractivity contribution in [3.8, 4) is 11.3 Å². The van der Waals surface area contributed by atoms with E-state index >= 15 is 0 Å². The van der Waals surface area contributed by atoms with E-state index in [1.54, 1.807) is 59.4 Å². The molecule has 6 heterocycles. The lowest BCUT2D eigenvalue weighted by atomic mass is 10.0. The van der Waals surface area contributed by atoms with Gasteiger partial charge in [0.2, 0.25) is 17.7 Å². The number of amides is 5. The maximum absolute atomic E-state index is 13.8. The number of pyridine rings is 1. The zero-order valence-corrected chi connectivity index (χ0v) is 34.1. The molecule has 5 amide bonds. The lowest BCUT2D eigenvalue weighted by Crippen LogP contribution is -2.52. The number of aryl methyl sites for hydroxylation is 2. The van der Waals surface area contributed by atoms with Crippen LogP contribution in [0.2, 0.25) is 0 Å². The Bertz CT molecular complexity index is 2670. The second-order valence-electron chi connectivity index (χ2n) is 15.4. The molecule has 6 aromatic rings. The Kier molecular flexibility index (Phi) is 11.0. The van der Waals surface area contributed by atoms with E-state index in [-0.39, 0.29) is 36.1 Å². The van der Waals surface area contributed by atoms with Gasteiger partial charge in [-0.3, -0.25) is 33.7 Å². The van der Waals surface area contributed by atoms with Crippen molar-refractivity contribution in [3.63, 3.8) is 0 Å². The van der Waals surface area contributed by atoms with Gasteiger partial charge in [0.05, 0.1) is 6.04 Å². The van der Waals surface area contributed by atoms with Gasteiger partial charge in [0.1, 0.15) is 34.7 Å². The maximum Gasteiger partial charge on any atom is 0.256 e. The molecule has 2 atom stereocenters. The molecular weight excluding hydrogens is 791 g/mol. The minimum absolute atomic E-state index is 0.0663. The van der Waals surface area contributed by atoms with Gasteiger partial charge in [-0.25, -0.2) is 15.0 Å². The van der Waals surface area contributed by atoms with Crippen LogP contribution in [-0.2, 0) is 33.8 Å². The van der Waals surface area contributed by atoms with Crippen LogP contribution in [0.4, 0.5) is 11.6 Å². The summed E-state index contributed by atoms with van der Waals surface area (Å²) < 4.78 is 1.94.